The first kappa shape index (κ1) is 39.5. The first-order valence-electron chi connectivity index (χ1n) is 23.5. The van der Waals surface area contributed by atoms with E-state index in [1.165, 1.54) is 0 Å². The van der Waals surface area contributed by atoms with Gasteiger partial charge in [0.1, 0.15) is 30.2 Å². The summed E-state index contributed by atoms with van der Waals surface area (Å²) in [6, 6.07) is 2.34. The van der Waals surface area contributed by atoms with E-state index < -0.39 is 69.4 Å². The van der Waals surface area contributed by atoms with E-state index in [9.17, 15) is 24.9 Å². The van der Waals surface area contributed by atoms with E-state index in [-0.39, 0.29) is 55.1 Å². The number of Topliss-reactive ketones (excluding diaryl/α,β-unsaturated/α-hetero) is 1. The van der Waals surface area contributed by atoms with Crippen LogP contribution in [0.25, 0.3) is 0 Å². The van der Waals surface area contributed by atoms with Gasteiger partial charge in [-0.05, 0) is 106 Å². The molecule has 12 aliphatic rings. The Morgan fingerprint density at radius 3 is 2.67 bits per heavy atom. The van der Waals surface area contributed by atoms with Crippen LogP contribution in [0, 0.1) is 57.2 Å². The standard InChI is InChI=1S/C48H62N2O11/c1-43-16-11-35-45(14-6-15-47(39(55)38(45)54)44(2,28-7-4-3-5-8-28)60-36-21-37(53)58-24-46(35,36)47)48(43)41(61-48)42(56)59-40(43)30-13-18-57-34(30)20-31(33(52)23-51)26-9-10-29-27(19-26)12-17-50-25-49-22-32(29)50/h6,12-13,15,17-18,26-29,31-33,35-36,38,40-41,49,51-52,54H,3-5,7-11,14,16,19-25H2,1-2H3/t26-,27+,29+,31-,32-,33+,35-,36-,38+,40-,41+,43-,44+,45-,46-,47+,48+/m0/s1. The lowest BCUT2D eigenvalue weighted by Crippen LogP contribution is -2.79. The highest BCUT2D eigenvalue weighted by Gasteiger charge is 2.94. The molecule has 1 aromatic rings. The highest BCUT2D eigenvalue weighted by Crippen LogP contribution is 2.84. The van der Waals surface area contributed by atoms with Crippen molar-refractivity contribution in [3.05, 3.63) is 48.1 Å². The zero-order valence-electron chi connectivity index (χ0n) is 35.5. The van der Waals surface area contributed by atoms with Crippen molar-refractivity contribution in [2.75, 3.05) is 26.4 Å². The molecule has 330 valence electrons. The van der Waals surface area contributed by atoms with Crippen LogP contribution in [0.2, 0.25) is 0 Å². The Bertz CT molecular complexity index is 2080. The molecule has 17 atom stereocenters. The van der Waals surface area contributed by atoms with Gasteiger partial charge in [0.05, 0.1) is 54.6 Å². The number of aliphatic hydroxyl groups excluding tert-OH is 3. The second-order valence-electron chi connectivity index (χ2n) is 21.6. The third kappa shape index (κ3) is 4.61. The van der Waals surface area contributed by atoms with Crippen LogP contribution in [0.1, 0.15) is 108 Å². The fraction of sp³-hybridized carbons (Fsp3) is 0.771. The SMILES string of the molecule is C[C@@]12CC[C@@H]3[C@@]45COC(=O)C[C@@H]4O[C@](C)(C4CCCCC4)[C@]54C=CC[C@]3([C@H](O)C4=O)[C@]13O[C@@H]3C(=O)O[C@H]2c1ccoc1C[C@@H]([C@H]1CC[C@@H]2[C@H](C=CN3CNC[C@@H]23)C1)[C@H](O)CO. The fourth-order valence-corrected chi connectivity index (χ4v) is 17.3. The van der Waals surface area contributed by atoms with Crippen LogP contribution in [0.4, 0.5) is 0 Å². The van der Waals surface area contributed by atoms with Crippen molar-refractivity contribution in [3.8, 4) is 0 Å². The van der Waals surface area contributed by atoms with Crippen LogP contribution in [0.15, 0.2) is 41.2 Å². The number of ketones is 1. The van der Waals surface area contributed by atoms with Crippen LogP contribution in [-0.2, 0) is 39.8 Å². The molecule has 13 nitrogen and oxygen atoms in total. The molecule has 4 N–H and O–H groups in total. The number of rotatable bonds is 7. The molecule has 4 spiro atoms. The number of nitrogens with one attached hydrogen (secondary N) is 1. The molecule has 6 aliphatic heterocycles. The number of allylic oxidation sites excluding steroid dienone is 2. The maximum atomic E-state index is 15.8. The van der Waals surface area contributed by atoms with E-state index in [0.29, 0.717) is 54.9 Å². The molecule has 5 saturated heterocycles. The molecule has 61 heavy (non-hydrogen) atoms. The quantitative estimate of drug-likeness (QED) is 0.174. The summed E-state index contributed by atoms with van der Waals surface area (Å²) in [6.45, 7) is 5.64. The number of ether oxygens (including phenoxy) is 4. The Morgan fingerprint density at radius 1 is 1.02 bits per heavy atom. The lowest BCUT2D eigenvalue weighted by Gasteiger charge is -2.69. The molecular weight excluding hydrogens is 781 g/mol. The Morgan fingerprint density at radius 2 is 1.85 bits per heavy atom. The molecule has 9 fully saturated rings. The predicted molar refractivity (Wildman–Crippen MR) is 216 cm³/mol. The minimum atomic E-state index is -1.47. The molecule has 6 aliphatic carbocycles. The molecule has 0 aromatic carbocycles. The van der Waals surface area contributed by atoms with Gasteiger partial charge in [-0.3, -0.25) is 14.9 Å². The summed E-state index contributed by atoms with van der Waals surface area (Å²) in [6.07, 6.45) is 15.1. The van der Waals surface area contributed by atoms with Crippen LogP contribution < -0.4 is 5.32 Å². The van der Waals surface area contributed by atoms with Crippen molar-refractivity contribution in [1.29, 1.82) is 0 Å². The van der Waals surface area contributed by atoms with E-state index >= 15 is 4.79 Å². The monoisotopic (exact) mass is 842 g/mol. The number of carbonyl (C=O) groups is 3. The van der Waals surface area contributed by atoms with Crippen LogP contribution in [-0.4, -0.2) is 106 Å². The van der Waals surface area contributed by atoms with Gasteiger partial charge in [0, 0.05) is 35.4 Å². The first-order valence-corrected chi connectivity index (χ1v) is 23.5. The number of nitrogens with zero attached hydrogens (tertiary/aromatic N) is 1. The summed E-state index contributed by atoms with van der Waals surface area (Å²) in [5.74, 6) is -0.126. The maximum Gasteiger partial charge on any atom is 0.339 e. The van der Waals surface area contributed by atoms with E-state index in [2.05, 4.69) is 42.4 Å². The fourth-order valence-electron chi connectivity index (χ4n) is 17.3. The number of hydrogen-bond acceptors (Lipinski definition) is 13. The first-order chi connectivity index (χ1) is 29.4. The van der Waals surface area contributed by atoms with E-state index in [4.69, 9.17) is 23.4 Å². The number of carbonyl (C=O) groups excluding carboxylic acids is 3. The molecule has 2 bridgehead atoms. The summed E-state index contributed by atoms with van der Waals surface area (Å²) in [5.41, 5.74) is -5.89. The molecule has 7 heterocycles. The lowest BCUT2D eigenvalue weighted by atomic mass is 9.32. The van der Waals surface area contributed by atoms with Gasteiger partial charge in [0.15, 0.2) is 11.9 Å². The molecule has 1 aromatic heterocycles. The number of cyclic esters (lactones) is 2. The Hall–Kier alpha value is -3.07. The number of furan rings is 1. The topological polar surface area (TPSA) is 181 Å². The average molecular weight is 843 g/mol. The third-order valence-electron chi connectivity index (χ3n) is 19.9. The molecular formula is C48H62N2O11. The van der Waals surface area contributed by atoms with Crippen molar-refractivity contribution < 1.29 is 53.1 Å². The molecule has 0 amide bonds. The minimum Gasteiger partial charge on any atom is -0.469 e. The molecule has 13 heteroatoms. The smallest absolute Gasteiger partial charge is 0.339 e. The second kappa shape index (κ2) is 13.3. The van der Waals surface area contributed by atoms with Gasteiger partial charge in [0.25, 0.3) is 0 Å². The minimum absolute atomic E-state index is 0.00811. The second-order valence-corrected chi connectivity index (χ2v) is 21.6. The molecule has 13 rings (SSSR count). The van der Waals surface area contributed by atoms with Crippen molar-refractivity contribution in [3.63, 3.8) is 0 Å². The lowest BCUT2D eigenvalue weighted by molar-refractivity contribution is -0.262. The average Bonchev–Trinajstić information content (AvgIpc) is 3.57. The van der Waals surface area contributed by atoms with Gasteiger partial charge in [-0.2, -0.15) is 0 Å². The molecule has 4 saturated carbocycles. The van der Waals surface area contributed by atoms with Crippen molar-refractivity contribution in [2.24, 2.45) is 57.2 Å². The van der Waals surface area contributed by atoms with Crippen LogP contribution >= 0.6 is 0 Å². The summed E-state index contributed by atoms with van der Waals surface area (Å²) in [4.78, 5) is 45.8. The highest BCUT2D eigenvalue weighted by molar-refractivity contribution is 5.97. The summed E-state index contributed by atoms with van der Waals surface area (Å²) in [5, 5.41) is 38.5. The van der Waals surface area contributed by atoms with Gasteiger partial charge in [-0.1, -0.05) is 44.4 Å². The Kier molecular flexibility index (Phi) is 8.58. The molecule has 0 radical (unpaired) electrons. The summed E-state index contributed by atoms with van der Waals surface area (Å²) in [7, 11) is 0. The Labute approximate surface area is 356 Å². The number of fused-ring (bicyclic) bond motifs is 5. The highest BCUT2D eigenvalue weighted by atomic mass is 16.7. The normalized spacial score (nSPS) is 50.2. The van der Waals surface area contributed by atoms with E-state index in [1.54, 1.807) is 6.26 Å². The Balaban J connectivity index is 0.919. The zero-order chi connectivity index (χ0) is 41.9. The van der Waals surface area contributed by atoms with Crippen LogP contribution in [0.5, 0.6) is 0 Å². The van der Waals surface area contributed by atoms with Gasteiger partial charge in [-0.15, -0.1) is 0 Å². The predicted octanol–water partition coefficient (Wildman–Crippen LogP) is 4.28. The number of epoxide rings is 1. The van der Waals surface area contributed by atoms with Gasteiger partial charge >= 0.3 is 11.9 Å². The van der Waals surface area contributed by atoms with Crippen molar-refractivity contribution in [2.45, 2.75) is 145 Å². The van der Waals surface area contributed by atoms with Gasteiger partial charge in [-0.25, -0.2) is 4.79 Å². The molecule has 0 unspecified atom stereocenters. The van der Waals surface area contributed by atoms with E-state index in [1.807, 2.05) is 12.1 Å². The number of aliphatic hydroxyl groups is 3. The van der Waals surface area contributed by atoms with Gasteiger partial charge < -0.3 is 43.6 Å². The van der Waals surface area contributed by atoms with Gasteiger partial charge in [0.2, 0.25) is 0 Å². The van der Waals surface area contributed by atoms with Crippen LogP contribution in [0.3, 0.4) is 0 Å². The largest absolute Gasteiger partial charge is 0.469 e. The van der Waals surface area contributed by atoms with E-state index in [0.717, 1.165) is 64.6 Å². The summed E-state index contributed by atoms with van der Waals surface area (Å²) >= 11 is 0. The maximum absolute atomic E-state index is 15.8. The zero-order valence-corrected chi connectivity index (χ0v) is 35.5. The summed E-state index contributed by atoms with van der Waals surface area (Å²) < 4.78 is 33.0. The van der Waals surface area contributed by atoms with Crippen molar-refractivity contribution >= 4 is 17.7 Å². The number of esters is 2. The van der Waals surface area contributed by atoms with Crippen molar-refractivity contribution in [1.82, 2.24) is 10.2 Å². The number of hydrogen-bond donors (Lipinski definition) is 4. The third-order valence-corrected chi connectivity index (χ3v) is 19.9.